The summed E-state index contributed by atoms with van der Waals surface area (Å²) < 4.78 is 0. The first-order valence-corrected chi connectivity index (χ1v) is 6.84. The highest BCUT2D eigenvalue weighted by Crippen LogP contribution is 2.23. The van der Waals surface area contributed by atoms with Crippen molar-refractivity contribution in [3.63, 3.8) is 0 Å². The third-order valence-corrected chi connectivity index (χ3v) is 3.91. The molecule has 1 N–H and O–H groups in total. The zero-order valence-electron chi connectivity index (χ0n) is 11.6. The first kappa shape index (κ1) is 12.7. The Bertz CT molecular complexity index is 279. The number of hydrogen-bond acceptors (Lipinski definition) is 4. The average molecular weight is 238 g/mol. The second-order valence-electron chi connectivity index (χ2n) is 5.42. The van der Waals surface area contributed by atoms with E-state index in [0.717, 1.165) is 0 Å². The van der Waals surface area contributed by atoms with Gasteiger partial charge in [-0.25, -0.2) is 0 Å². The smallest absolute Gasteiger partial charge is 0.0493 e. The average Bonchev–Trinajstić information content (AvgIpc) is 2.72. The molecule has 0 amide bonds. The van der Waals surface area contributed by atoms with Crippen LogP contribution in [0.15, 0.2) is 11.9 Å². The lowest BCUT2D eigenvalue weighted by molar-refractivity contribution is -0.0247. The Hall–Kier alpha value is -0.740. The minimum absolute atomic E-state index is 0.568. The van der Waals surface area contributed by atoms with Crippen LogP contribution in [-0.2, 0) is 0 Å². The number of piperidine rings is 1. The van der Waals surface area contributed by atoms with Crippen molar-refractivity contribution in [2.24, 2.45) is 5.92 Å². The van der Waals surface area contributed by atoms with Gasteiger partial charge >= 0.3 is 0 Å². The van der Waals surface area contributed by atoms with Crippen molar-refractivity contribution in [2.75, 3.05) is 26.7 Å². The van der Waals surface area contributed by atoms with Crippen LogP contribution in [0.4, 0.5) is 0 Å². The molecule has 0 bridgehead atoms. The van der Waals surface area contributed by atoms with Crippen LogP contribution in [0, 0.1) is 5.92 Å². The van der Waals surface area contributed by atoms with Crippen LogP contribution in [-0.4, -0.2) is 47.8 Å². The predicted octanol–water partition coefficient (Wildman–Crippen LogP) is 1.64. The maximum Gasteiger partial charge on any atom is 0.0493 e. The summed E-state index contributed by atoms with van der Waals surface area (Å²) in [6.45, 7) is 10.4. The number of nitrogens with zero attached hydrogens (tertiary/aromatic N) is 3. The lowest BCUT2D eigenvalue weighted by atomic mass is 10.0. The van der Waals surface area contributed by atoms with Crippen LogP contribution in [0.5, 0.6) is 0 Å². The molecule has 17 heavy (non-hydrogen) atoms. The van der Waals surface area contributed by atoms with E-state index >= 15 is 0 Å². The molecule has 1 fully saturated rings. The Morgan fingerprint density at radius 2 is 2.00 bits per heavy atom. The molecular formula is C13H26N4. The molecule has 0 unspecified atom stereocenters. The van der Waals surface area contributed by atoms with Crippen LogP contribution >= 0.6 is 0 Å². The van der Waals surface area contributed by atoms with E-state index < -0.39 is 0 Å². The lowest BCUT2D eigenvalue weighted by Crippen LogP contribution is -2.49. The maximum atomic E-state index is 3.43. The predicted molar refractivity (Wildman–Crippen MR) is 70.8 cm³/mol. The van der Waals surface area contributed by atoms with E-state index in [1.165, 1.54) is 38.2 Å². The van der Waals surface area contributed by atoms with Gasteiger partial charge < -0.3 is 10.3 Å². The Morgan fingerprint density at radius 1 is 1.35 bits per heavy atom. The van der Waals surface area contributed by atoms with E-state index in [1.54, 1.807) is 0 Å². The van der Waals surface area contributed by atoms with Gasteiger partial charge in [0.2, 0.25) is 0 Å². The largest absolute Gasteiger partial charge is 0.304 e. The lowest BCUT2D eigenvalue weighted by Gasteiger charge is -2.38. The summed E-state index contributed by atoms with van der Waals surface area (Å²) in [5.74, 6) is 0.568. The van der Waals surface area contributed by atoms with Crippen LogP contribution in [0.25, 0.3) is 0 Å². The van der Waals surface area contributed by atoms with E-state index in [1.807, 2.05) is 0 Å². The molecule has 2 aliphatic heterocycles. The number of allylic oxidation sites excluding steroid dienone is 1. The third kappa shape index (κ3) is 2.75. The molecule has 0 aliphatic carbocycles. The van der Waals surface area contributed by atoms with Gasteiger partial charge in [0.15, 0.2) is 0 Å². The van der Waals surface area contributed by atoms with E-state index in [-0.39, 0.29) is 0 Å². The first-order chi connectivity index (χ1) is 8.11. The third-order valence-electron chi connectivity index (χ3n) is 3.91. The van der Waals surface area contributed by atoms with Gasteiger partial charge in [0.25, 0.3) is 0 Å². The summed E-state index contributed by atoms with van der Waals surface area (Å²) in [5.41, 5.74) is 4.76. The quantitative estimate of drug-likeness (QED) is 0.807. The molecule has 2 rings (SSSR count). The number of hydrazine groups is 2. The van der Waals surface area contributed by atoms with Crippen molar-refractivity contribution in [1.82, 2.24) is 20.5 Å². The van der Waals surface area contributed by atoms with Gasteiger partial charge in [-0.2, -0.15) is 0 Å². The molecule has 4 nitrogen and oxygen atoms in total. The maximum absolute atomic E-state index is 3.43. The Labute approximate surface area is 105 Å². The molecule has 2 aliphatic rings. The Morgan fingerprint density at radius 3 is 2.47 bits per heavy atom. The fourth-order valence-corrected chi connectivity index (χ4v) is 2.63. The van der Waals surface area contributed by atoms with Gasteiger partial charge in [0, 0.05) is 38.1 Å². The van der Waals surface area contributed by atoms with Crippen molar-refractivity contribution < 1.29 is 0 Å². The zero-order valence-corrected chi connectivity index (χ0v) is 11.6. The molecule has 0 saturated carbocycles. The van der Waals surface area contributed by atoms with Crippen molar-refractivity contribution >= 4 is 0 Å². The van der Waals surface area contributed by atoms with E-state index in [0.29, 0.717) is 12.0 Å². The summed E-state index contributed by atoms with van der Waals surface area (Å²) in [5, 5.41) is 4.52. The minimum atomic E-state index is 0.568. The van der Waals surface area contributed by atoms with Crippen LogP contribution in [0.3, 0.4) is 0 Å². The summed E-state index contributed by atoms with van der Waals surface area (Å²) in [6.07, 6.45) is 4.82. The normalized spacial score (nSPS) is 24.3. The summed E-state index contributed by atoms with van der Waals surface area (Å²) in [7, 11) is 2.11. The standard InChI is InChI=1S/C13H26N4/c1-5-16-8-6-12(7-9-16)17-10-13(11(2)3)14-15(17)4/h10-12,14H,5-9H2,1-4H3. The van der Waals surface area contributed by atoms with Gasteiger partial charge in [-0.15, -0.1) is 5.12 Å². The van der Waals surface area contributed by atoms with Gasteiger partial charge in [0.1, 0.15) is 0 Å². The summed E-state index contributed by atoms with van der Waals surface area (Å²) >= 11 is 0. The highest BCUT2D eigenvalue weighted by atomic mass is 15.8. The second-order valence-corrected chi connectivity index (χ2v) is 5.42. The van der Waals surface area contributed by atoms with Crippen molar-refractivity contribution in [3.8, 4) is 0 Å². The highest BCUT2D eigenvalue weighted by Gasteiger charge is 2.29. The summed E-state index contributed by atoms with van der Waals surface area (Å²) in [4.78, 5) is 2.53. The van der Waals surface area contributed by atoms with Crippen LogP contribution in [0.2, 0.25) is 0 Å². The Balaban J connectivity index is 1.94. The number of nitrogens with one attached hydrogen (secondary N) is 1. The van der Waals surface area contributed by atoms with Crippen molar-refractivity contribution in [2.45, 2.75) is 39.7 Å². The molecule has 0 atom stereocenters. The Kier molecular flexibility index (Phi) is 3.94. The fraction of sp³-hybridized carbons (Fsp3) is 0.846. The van der Waals surface area contributed by atoms with Crippen molar-refractivity contribution in [1.29, 1.82) is 0 Å². The summed E-state index contributed by atoms with van der Waals surface area (Å²) in [6, 6.07) is 0.659. The molecule has 0 aromatic heterocycles. The minimum Gasteiger partial charge on any atom is -0.304 e. The first-order valence-electron chi connectivity index (χ1n) is 6.84. The molecule has 0 aromatic rings. The molecule has 4 heteroatoms. The number of likely N-dealkylation sites (tertiary alicyclic amines) is 1. The topological polar surface area (TPSA) is 21.8 Å². The fourth-order valence-electron chi connectivity index (χ4n) is 2.63. The highest BCUT2D eigenvalue weighted by molar-refractivity contribution is 5.06. The van der Waals surface area contributed by atoms with Gasteiger partial charge in [0.05, 0.1) is 0 Å². The number of hydrogen-bond donors (Lipinski definition) is 1. The van der Waals surface area contributed by atoms with Gasteiger partial charge in [-0.3, -0.25) is 5.01 Å². The van der Waals surface area contributed by atoms with Gasteiger partial charge in [-0.05, 0) is 25.3 Å². The molecular weight excluding hydrogens is 212 g/mol. The van der Waals surface area contributed by atoms with Gasteiger partial charge in [-0.1, -0.05) is 20.8 Å². The second kappa shape index (κ2) is 5.27. The van der Waals surface area contributed by atoms with Crippen LogP contribution in [0.1, 0.15) is 33.6 Å². The van der Waals surface area contributed by atoms with E-state index in [9.17, 15) is 0 Å². The SMILES string of the molecule is CCN1CCC(N2C=C(C(C)C)NN2C)CC1. The zero-order chi connectivity index (χ0) is 12.4. The molecule has 0 radical (unpaired) electrons. The van der Waals surface area contributed by atoms with Crippen molar-refractivity contribution in [3.05, 3.63) is 11.9 Å². The molecule has 0 spiro atoms. The monoisotopic (exact) mass is 238 g/mol. The molecule has 1 saturated heterocycles. The molecule has 0 aromatic carbocycles. The van der Waals surface area contributed by atoms with E-state index in [4.69, 9.17) is 0 Å². The molecule has 98 valence electrons. The van der Waals surface area contributed by atoms with Crippen LogP contribution < -0.4 is 5.43 Å². The van der Waals surface area contributed by atoms with E-state index in [2.05, 4.69) is 54.5 Å². The number of rotatable bonds is 3. The molecule has 2 heterocycles.